The van der Waals surface area contributed by atoms with E-state index in [1.54, 1.807) is 26.8 Å². The lowest BCUT2D eigenvalue weighted by atomic mass is 10.2. The largest absolute Gasteiger partial charge is 0.397 e. The summed E-state index contributed by atoms with van der Waals surface area (Å²) in [6.45, 7) is 5.38. The van der Waals surface area contributed by atoms with Gasteiger partial charge >= 0.3 is 10.2 Å². The normalized spacial score (nSPS) is 12.1. The zero-order valence-electron chi connectivity index (χ0n) is 10.4. The fourth-order valence-corrected chi connectivity index (χ4v) is 2.18. The first-order chi connectivity index (χ1) is 7.74. The summed E-state index contributed by atoms with van der Waals surface area (Å²) in [6, 6.07) is 1.48. The monoisotopic (exact) mass is 258 g/mol. The smallest absolute Gasteiger partial charge is 0.302 e. The minimum atomic E-state index is -3.56. The second-order valence-corrected chi connectivity index (χ2v) is 5.87. The van der Waals surface area contributed by atoms with E-state index < -0.39 is 10.2 Å². The van der Waals surface area contributed by atoms with Gasteiger partial charge in [-0.3, -0.25) is 4.72 Å². The molecule has 0 unspecified atom stereocenters. The Hall–Kier alpha value is -1.34. The topological polar surface area (TPSA) is 88.3 Å². The van der Waals surface area contributed by atoms with Crippen molar-refractivity contribution in [2.75, 3.05) is 17.5 Å². The Morgan fingerprint density at radius 1 is 1.47 bits per heavy atom. The summed E-state index contributed by atoms with van der Waals surface area (Å²) >= 11 is 0. The molecule has 0 spiro atoms. The molecule has 1 rings (SSSR count). The summed E-state index contributed by atoms with van der Waals surface area (Å²) in [7, 11) is -2.05. The molecule has 0 aromatic carbocycles. The predicted molar refractivity (Wildman–Crippen MR) is 68.8 cm³/mol. The fraction of sp³-hybridized carbons (Fsp3) is 0.500. The Labute approximate surface area is 102 Å². The molecule has 0 bridgehead atoms. The highest BCUT2D eigenvalue weighted by Crippen LogP contribution is 2.15. The third-order valence-corrected chi connectivity index (χ3v) is 4.14. The Kier molecular flexibility index (Phi) is 3.94. The number of aryl methyl sites for hydroxylation is 1. The van der Waals surface area contributed by atoms with Crippen LogP contribution in [0, 0.1) is 6.92 Å². The molecule has 17 heavy (non-hydrogen) atoms. The molecule has 1 heterocycles. The summed E-state index contributed by atoms with van der Waals surface area (Å²) < 4.78 is 27.4. The first-order valence-corrected chi connectivity index (χ1v) is 6.66. The number of rotatable bonds is 4. The third kappa shape index (κ3) is 3.31. The molecule has 7 heteroatoms. The highest BCUT2D eigenvalue weighted by Gasteiger charge is 2.20. The van der Waals surface area contributed by atoms with Crippen LogP contribution in [-0.2, 0) is 10.2 Å². The van der Waals surface area contributed by atoms with Gasteiger partial charge in [0.05, 0.1) is 11.9 Å². The summed E-state index contributed by atoms with van der Waals surface area (Å²) in [5, 5.41) is 0. The van der Waals surface area contributed by atoms with E-state index >= 15 is 0 Å². The molecule has 0 atom stereocenters. The average Bonchev–Trinajstić information content (AvgIpc) is 2.22. The summed E-state index contributed by atoms with van der Waals surface area (Å²) in [4.78, 5) is 3.92. The predicted octanol–water partition coefficient (Wildman–Crippen LogP) is 0.969. The van der Waals surface area contributed by atoms with E-state index in [4.69, 9.17) is 5.73 Å². The van der Waals surface area contributed by atoms with Crippen LogP contribution in [-0.4, -0.2) is 30.8 Å². The Bertz CT molecular complexity index is 499. The van der Waals surface area contributed by atoms with Crippen LogP contribution >= 0.6 is 0 Å². The van der Waals surface area contributed by atoms with E-state index in [-0.39, 0.29) is 11.9 Å². The van der Waals surface area contributed by atoms with Crippen molar-refractivity contribution in [3.8, 4) is 0 Å². The standard InChI is InChI=1S/C10H18N4O2S/c1-7(2)14(4)17(15,16)13-10-5-8(3)9(11)6-12-10/h5-7H,11H2,1-4H3,(H,12,13). The molecule has 0 aliphatic heterocycles. The molecule has 0 aliphatic rings. The molecule has 0 radical (unpaired) electrons. The van der Waals surface area contributed by atoms with Crippen molar-refractivity contribution < 1.29 is 8.42 Å². The number of nitrogens with two attached hydrogens (primary N) is 1. The van der Waals surface area contributed by atoms with Gasteiger partial charge in [-0.2, -0.15) is 12.7 Å². The van der Waals surface area contributed by atoms with Gasteiger partial charge in [0.15, 0.2) is 0 Å². The van der Waals surface area contributed by atoms with Crippen molar-refractivity contribution in [2.24, 2.45) is 0 Å². The van der Waals surface area contributed by atoms with Gasteiger partial charge in [-0.15, -0.1) is 0 Å². The molecule has 3 N–H and O–H groups in total. The van der Waals surface area contributed by atoms with Crippen LogP contribution in [0.2, 0.25) is 0 Å². The van der Waals surface area contributed by atoms with Gasteiger partial charge in [-0.05, 0) is 32.4 Å². The van der Waals surface area contributed by atoms with Crippen LogP contribution in [0.3, 0.4) is 0 Å². The number of hydrogen-bond donors (Lipinski definition) is 2. The molecular weight excluding hydrogens is 240 g/mol. The van der Waals surface area contributed by atoms with E-state index in [1.807, 2.05) is 0 Å². The molecule has 1 aromatic rings. The average molecular weight is 258 g/mol. The first-order valence-electron chi connectivity index (χ1n) is 5.22. The van der Waals surface area contributed by atoms with Crippen LogP contribution in [0.15, 0.2) is 12.3 Å². The lowest BCUT2D eigenvalue weighted by molar-refractivity contribution is 0.414. The van der Waals surface area contributed by atoms with Crippen LogP contribution in [0.1, 0.15) is 19.4 Å². The van der Waals surface area contributed by atoms with Gasteiger partial charge in [-0.1, -0.05) is 0 Å². The number of nitrogens with one attached hydrogen (secondary N) is 1. The molecule has 0 amide bonds. The lowest BCUT2D eigenvalue weighted by Crippen LogP contribution is -2.37. The highest BCUT2D eigenvalue weighted by atomic mass is 32.2. The van der Waals surface area contributed by atoms with Crippen LogP contribution in [0.4, 0.5) is 11.5 Å². The van der Waals surface area contributed by atoms with Gasteiger partial charge in [0.25, 0.3) is 0 Å². The second kappa shape index (κ2) is 4.89. The van der Waals surface area contributed by atoms with E-state index in [1.165, 1.54) is 17.5 Å². The number of hydrogen-bond acceptors (Lipinski definition) is 4. The molecule has 1 aromatic heterocycles. The number of aromatic nitrogens is 1. The zero-order chi connectivity index (χ0) is 13.2. The van der Waals surface area contributed by atoms with Gasteiger partial charge in [0.1, 0.15) is 5.82 Å². The number of nitrogen functional groups attached to an aromatic ring is 1. The van der Waals surface area contributed by atoms with Crippen molar-refractivity contribution in [1.82, 2.24) is 9.29 Å². The molecule has 0 fully saturated rings. The molecule has 0 saturated heterocycles. The number of pyridine rings is 1. The van der Waals surface area contributed by atoms with Crippen molar-refractivity contribution in [3.05, 3.63) is 17.8 Å². The quantitative estimate of drug-likeness (QED) is 0.842. The Morgan fingerprint density at radius 3 is 2.53 bits per heavy atom. The van der Waals surface area contributed by atoms with Gasteiger partial charge in [-0.25, -0.2) is 4.98 Å². The summed E-state index contributed by atoms with van der Waals surface area (Å²) in [6.07, 6.45) is 1.43. The van der Waals surface area contributed by atoms with E-state index in [9.17, 15) is 8.42 Å². The van der Waals surface area contributed by atoms with E-state index in [0.717, 1.165) is 5.56 Å². The molecule has 6 nitrogen and oxygen atoms in total. The van der Waals surface area contributed by atoms with Crippen molar-refractivity contribution in [2.45, 2.75) is 26.8 Å². The van der Waals surface area contributed by atoms with Crippen LogP contribution in [0.5, 0.6) is 0 Å². The molecule has 0 aliphatic carbocycles. The summed E-state index contributed by atoms with van der Waals surface area (Å²) in [5.41, 5.74) is 6.93. The minimum Gasteiger partial charge on any atom is -0.397 e. The SMILES string of the molecule is Cc1cc(NS(=O)(=O)N(C)C(C)C)ncc1N. The van der Waals surface area contributed by atoms with Crippen molar-refractivity contribution >= 4 is 21.7 Å². The van der Waals surface area contributed by atoms with E-state index in [0.29, 0.717) is 5.69 Å². The second-order valence-electron chi connectivity index (χ2n) is 4.14. The number of nitrogens with zero attached hydrogens (tertiary/aromatic N) is 2. The fourth-order valence-electron chi connectivity index (χ4n) is 1.10. The Morgan fingerprint density at radius 2 is 2.06 bits per heavy atom. The minimum absolute atomic E-state index is 0.123. The zero-order valence-corrected chi connectivity index (χ0v) is 11.2. The first kappa shape index (κ1) is 13.7. The van der Waals surface area contributed by atoms with Crippen LogP contribution in [0.25, 0.3) is 0 Å². The third-order valence-electron chi connectivity index (χ3n) is 2.49. The molecular formula is C10H18N4O2S. The van der Waals surface area contributed by atoms with Gasteiger partial charge in [0, 0.05) is 13.1 Å². The maximum Gasteiger partial charge on any atom is 0.302 e. The number of anilines is 2. The molecule has 0 saturated carbocycles. The Balaban J connectivity index is 2.94. The van der Waals surface area contributed by atoms with Crippen molar-refractivity contribution in [1.29, 1.82) is 0 Å². The highest BCUT2D eigenvalue weighted by molar-refractivity contribution is 7.90. The molecule has 96 valence electrons. The summed E-state index contributed by atoms with van der Waals surface area (Å²) in [5.74, 6) is 0.268. The van der Waals surface area contributed by atoms with Crippen LogP contribution < -0.4 is 10.5 Å². The maximum absolute atomic E-state index is 11.9. The maximum atomic E-state index is 11.9. The van der Waals surface area contributed by atoms with E-state index in [2.05, 4.69) is 9.71 Å². The van der Waals surface area contributed by atoms with Crippen molar-refractivity contribution in [3.63, 3.8) is 0 Å². The van der Waals surface area contributed by atoms with Gasteiger partial charge in [0.2, 0.25) is 0 Å². The lowest BCUT2D eigenvalue weighted by Gasteiger charge is -2.21. The van der Waals surface area contributed by atoms with Gasteiger partial charge < -0.3 is 5.73 Å².